The molecule has 0 bridgehead atoms. The minimum atomic E-state index is -0.125. The Bertz CT molecular complexity index is 925. The van der Waals surface area contributed by atoms with Crippen LogP contribution in [0.5, 0.6) is 5.75 Å². The van der Waals surface area contributed by atoms with Crippen LogP contribution in [-0.2, 0) is 13.5 Å². The second-order valence-electron chi connectivity index (χ2n) is 7.18. The summed E-state index contributed by atoms with van der Waals surface area (Å²) in [5.41, 5.74) is 4.87. The first-order valence-corrected chi connectivity index (χ1v) is 8.15. The summed E-state index contributed by atoms with van der Waals surface area (Å²) in [6.07, 6.45) is 3.16. The molecule has 2 heterocycles. The number of benzene rings is 2. The first-order valence-electron chi connectivity index (χ1n) is 8.15. The number of aromatic nitrogens is 1. The van der Waals surface area contributed by atoms with Crippen LogP contribution in [0.25, 0.3) is 22.0 Å². The molecule has 2 aromatic carbocycles. The lowest BCUT2D eigenvalue weighted by Gasteiger charge is -2.18. The lowest BCUT2D eigenvalue weighted by molar-refractivity contribution is -0.659. The molecule has 0 spiro atoms. The van der Waals surface area contributed by atoms with Crippen molar-refractivity contribution in [1.82, 2.24) is 0 Å². The third kappa shape index (κ3) is 2.29. The molecule has 0 radical (unpaired) electrons. The van der Waals surface area contributed by atoms with Crippen molar-refractivity contribution in [2.75, 3.05) is 0 Å². The fourth-order valence-corrected chi connectivity index (χ4v) is 3.61. The molecular weight excluding hydrogens is 282 g/mol. The Morgan fingerprint density at radius 1 is 1.04 bits per heavy atom. The van der Waals surface area contributed by atoms with Crippen LogP contribution >= 0.6 is 0 Å². The van der Waals surface area contributed by atoms with Crippen molar-refractivity contribution < 1.29 is 9.30 Å². The van der Waals surface area contributed by atoms with Crippen LogP contribution in [0.4, 0.5) is 0 Å². The maximum Gasteiger partial charge on any atom is 0.216 e. The zero-order valence-corrected chi connectivity index (χ0v) is 14.2. The first-order chi connectivity index (χ1) is 10.9. The molecule has 0 fully saturated rings. The Balaban J connectivity index is 1.99. The van der Waals surface area contributed by atoms with E-state index in [4.69, 9.17) is 4.74 Å². The minimum Gasteiger partial charge on any atom is -0.486 e. The van der Waals surface area contributed by atoms with Gasteiger partial charge in [-0.15, -0.1) is 0 Å². The van der Waals surface area contributed by atoms with Crippen molar-refractivity contribution in [3.63, 3.8) is 0 Å². The van der Waals surface area contributed by atoms with E-state index >= 15 is 0 Å². The Hall–Kier alpha value is -2.35. The molecule has 0 atom stereocenters. The monoisotopic (exact) mass is 304 g/mol. The SMILES string of the molecule is Cc1ccc2c(c1-c1cc3ccccc3c[n+]1C)OC(C)(C)C2. The van der Waals surface area contributed by atoms with Gasteiger partial charge in [-0.2, -0.15) is 0 Å². The van der Waals surface area contributed by atoms with E-state index in [9.17, 15) is 0 Å². The smallest absolute Gasteiger partial charge is 0.216 e. The molecule has 2 heteroatoms. The van der Waals surface area contributed by atoms with Gasteiger partial charge < -0.3 is 4.74 Å². The number of rotatable bonds is 1. The van der Waals surface area contributed by atoms with Crippen LogP contribution in [0.3, 0.4) is 0 Å². The third-order valence-corrected chi connectivity index (χ3v) is 4.70. The predicted molar refractivity (Wildman–Crippen MR) is 93.7 cm³/mol. The Kier molecular flexibility index (Phi) is 2.99. The van der Waals surface area contributed by atoms with Crippen molar-refractivity contribution in [3.05, 3.63) is 59.8 Å². The fraction of sp³-hybridized carbons (Fsp3) is 0.286. The van der Waals surface area contributed by atoms with Crippen molar-refractivity contribution in [2.24, 2.45) is 7.05 Å². The first kappa shape index (κ1) is 14.3. The van der Waals surface area contributed by atoms with E-state index in [0.717, 1.165) is 12.2 Å². The van der Waals surface area contributed by atoms with E-state index in [1.54, 1.807) is 0 Å². The fourth-order valence-electron chi connectivity index (χ4n) is 3.61. The topological polar surface area (TPSA) is 13.1 Å². The maximum absolute atomic E-state index is 6.31. The Labute approximate surface area is 137 Å². The zero-order chi connectivity index (χ0) is 16.2. The molecule has 0 saturated heterocycles. The summed E-state index contributed by atoms with van der Waals surface area (Å²) < 4.78 is 8.52. The summed E-state index contributed by atoms with van der Waals surface area (Å²) >= 11 is 0. The summed E-state index contributed by atoms with van der Waals surface area (Å²) in [6, 6.07) is 15.2. The number of ether oxygens (including phenoxy) is 1. The van der Waals surface area contributed by atoms with Gasteiger partial charge in [0.05, 0.1) is 5.56 Å². The number of hydrogen-bond donors (Lipinski definition) is 0. The Morgan fingerprint density at radius 2 is 1.78 bits per heavy atom. The van der Waals surface area contributed by atoms with Gasteiger partial charge in [-0.05, 0) is 43.4 Å². The van der Waals surface area contributed by atoms with Crippen LogP contribution < -0.4 is 9.30 Å². The van der Waals surface area contributed by atoms with E-state index in [2.05, 4.69) is 81.0 Å². The minimum absolute atomic E-state index is 0.125. The molecule has 116 valence electrons. The maximum atomic E-state index is 6.31. The highest BCUT2D eigenvalue weighted by molar-refractivity contribution is 5.85. The standard InChI is InChI=1S/C21H22NO/c1-14-9-10-16-12-21(2,3)23-20(16)19(14)18-11-15-7-5-6-8-17(15)13-22(18)4/h5-11,13H,12H2,1-4H3/q+1. The van der Waals surface area contributed by atoms with E-state index < -0.39 is 0 Å². The van der Waals surface area contributed by atoms with Gasteiger partial charge in [-0.1, -0.05) is 30.3 Å². The molecule has 1 aromatic heterocycles. The van der Waals surface area contributed by atoms with Crippen LogP contribution in [0.15, 0.2) is 48.7 Å². The van der Waals surface area contributed by atoms with Crippen molar-refractivity contribution >= 4 is 10.8 Å². The lowest BCUT2D eigenvalue weighted by atomic mass is 9.96. The molecule has 2 nitrogen and oxygen atoms in total. The number of nitrogens with zero attached hydrogens (tertiary/aromatic N) is 1. The van der Waals surface area contributed by atoms with Crippen LogP contribution in [-0.4, -0.2) is 5.60 Å². The molecule has 1 aliphatic rings. The molecule has 3 aromatic rings. The van der Waals surface area contributed by atoms with Gasteiger partial charge in [-0.25, -0.2) is 4.57 Å². The van der Waals surface area contributed by atoms with Gasteiger partial charge in [0.15, 0.2) is 6.20 Å². The third-order valence-electron chi connectivity index (χ3n) is 4.70. The number of aryl methyl sites for hydroxylation is 2. The molecule has 0 amide bonds. The summed E-state index contributed by atoms with van der Waals surface area (Å²) in [7, 11) is 2.11. The van der Waals surface area contributed by atoms with Gasteiger partial charge in [0.2, 0.25) is 5.69 Å². The molecule has 4 rings (SSSR count). The van der Waals surface area contributed by atoms with Gasteiger partial charge in [0, 0.05) is 17.9 Å². The van der Waals surface area contributed by atoms with Gasteiger partial charge in [0.25, 0.3) is 0 Å². The number of fused-ring (bicyclic) bond motifs is 2. The second kappa shape index (κ2) is 4.82. The second-order valence-corrected chi connectivity index (χ2v) is 7.18. The molecule has 0 saturated carbocycles. The quantitative estimate of drug-likeness (QED) is 0.609. The van der Waals surface area contributed by atoms with Gasteiger partial charge in [-0.3, -0.25) is 0 Å². The molecule has 1 aliphatic heterocycles. The van der Waals surface area contributed by atoms with Crippen LogP contribution in [0.1, 0.15) is 25.0 Å². The van der Waals surface area contributed by atoms with Crippen molar-refractivity contribution in [3.8, 4) is 17.0 Å². The highest BCUT2D eigenvalue weighted by Gasteiger charge is 2.34. The normalized spacial score (nSPS) is 15.5. The zero-order valence-electron chi connectivity index (χ0n) is 14.2. The predicted octanol–water partition coefficient (Wildman–Crippen LogP) is 4.35. The van der Waals surface area contributed by atoms with E-state index in [-0.39, 0.29) is 5.60 Å². The highest BCUT2D eigenvalue weighted by Crippen LogP contribution is 2.43. The molecule has 0 aliphatic carbocycles. The summed E-state index contributed by atoms with van der Waals surface area (Å²) in [4.78, 5) is 0. The number of hydrogen-bond acceptors (Lipinski definition) is 1. The van der Waals surface area contributed by atoms with Crippen molar-refractivity contribution in [1.29, 1.82) is 0 Å². The average Bonchev–Trinajstić information content (AvgIpc) is 2.81. The number of pyridine rings is 1. The van der Waals surface area contributed by atoms with Gasteiger partial charge in [0.1, 0.15) is 18.4 Å². The van der Waals surface area contributed by atoms with Gasteiger partial charge >= 0.3 is 0 Å². The summed E-state index contributed by atoms with van der Waals surface area (Å²) in [5, 5.41) is 2.51. The average molecular weight is 304 g/mol. The summed E-state index contributed by atoms with van der Waals surface area (Å²) in [5.74, 6) is 1.06. The van der Waals surface area contributed by atoms with Crippen LogP contribution in [0.2, 0.25) is 0 Å². The van der Waals surface area contributed by atoms with Crippen molar-refractivity contribution in [2.45, 2.75) is 32.8 Å². The van der Waals surface area contributed by atoms with E-state index in [0.29, 0.717) is 0 Å². The summed E-state index contributed by atoms with van der Waals surface area (Å²) in [6.45, 7) is 6.48. The molecule has 0 unspecified atom stereocenters. The molecular formula is C21H22NO+. The largest absolute Gasteiger partial charge is 0.486 e. The van der Waals surface area contributed by atoms with E-state index in [1.165, 1.54) is 33.2 Å². The molecule has 0 N–H and O–H groups in total. The highest BCUT2D eigenvalue weighted by atomic mass is 16.5. The van der Waals surface area contributed by atoms with Crippen LogP contribution in [0, 0.1) is 6.92 Å². The lowest BCUT2D eigenvalue weighted by Crippen LogP contribution is -2.31. The molecule has 23 heavy (non-hydrogen) atoms. The Morgan fingerprint density at radius 3 is 2.57 bits per heavy atom. The van der Waals surface area contributed by atoms with E-state index in [1.807, 2.05) is 0 Å².